The van der Waals surface area contributed by atoms with E-state index in [-0.39, 0.29) is 23.1 Å². The number of rotatable bonds is 3. The van der Waals surface area contributed by atoms with Gasteiger partial charge < -0.3 is 14.2 Å². The summed E-state index contributed by atoms with van der Waals surface area (Å²) in [5, 5.41) is 0. The summed E-state index contributed by atoms with van der Waals surface area (Å²) in [6.07, 6.45) is 1.43. The molecule has 2 amide bonds. The average molecular weight is 348 g/mol. The number of hydrogen-bond acceptors (Lipinski definition) is 3. The van der Waals surface area contributed by atoms with Crippen molar-refractivity contribution in [3.05, 3.63) is 59.6 Å². The van der Waals surface area contributed by atoms with Crippen LogP contribution in [0.2, 0.25) is 0 Å². The van der Waals surface area contributed by atoms with Gasteiger partial charge in [-0.1, -0.05) is 6.07 Å². The van der Waals surface area contributed by atoms with E-state index >= 15 is 0 Å². The Hall–Kier alpha value is -2.70. The molecule has 2 heterocycles. The van der Waals surface area contributed by atoms with E-state index in [2.05, 4.69) is 0 Å². The summed E-state index contributed by atoms with van der Waals surface area (Å²) >= 11 is 0. The lowest BCUT2D eigenvalue weighted by atomic mass is 9.98. The van der Waals surface area contributed by atoms with Crippen LogP contribution in [0.1, 0.15) is 29.0 Å². The third-order valence-electron chi connectivity index (χ3n) is 4.41. The quantitative estimate of drug-likeness (QED) is 0.857. The van der Waals surface area contributed by atoms with Crippen LogP contribution in [0.25, 0.3) is 0 Å². The van der Waals surface area contributed by atoms with Crippen molar-refractivity contribution in [3.63, 3.8) is 0 Å². The van der Waals surface area contributed by atoms with Gasteiger partial charge in [0.25, 0.3) is 5.91 Å². The van der Waals surface area contributed by atoms with Gasteiger partial charge in [-0.25, -0.2) is 8.78 Å². The topological polar surface area (TPSA) is 53.8 Å². The number of piperazine rings is 1. The molecule has 1 saturated heterocycles. The summed E-state index contributed by atoms with van der Waals surface area (Å²) in [4.78, 5) is 27.9. The van der Waals surface area contributed by atoms with Gasteiger partial charge in [-0.15, -0.1) is 0 Å². The van der Waals surface area contributed by atoms with Crippen LogP contribution in [-0.4, -0.2) is 47.8 Å². The van der Waals surface area contributed by atoms with Crippen LogP contribution in [0.3, 0.4) is 0 Å². The van der Waals surface area contributed by atoms with E-state index in [0.717, 1.165) is 12.1 Å². The van der Waals surface area contributed by atoms with Crippen LogP contribution in [0.5, 0.6) is 0 Å². The second-order valence-corrected chi connectivity index (χ2v) is 5.95. The molecule has 1 atom stereocenters. The standard InChI is InChI=1S/C18H18F2N2O3/c1-12(16-13(19)4-2-5-14(16)20)17(23)21-7-9-22(10-8-21)18(24)15-6-3-11-25-15/h2-6,11-12H,7-10H2,1H3. The number of carbonyl (C=O) groups excluding carboxylic acids is 2. The lowest BCUT2D eigenvalue weighted by Gasteiger charge is -2.35. The molecule has 1 unspecified atom stereocenters. The van der Waals surface area contributed by atoms with Crippen LogP contribution in [0.4, 0.5) is 8.78 Å². The number of furan rings is 1. The van der Waals surface area contributed by atoms with Crippen LogP contribution in [0.15, 0.2) is 41.0 Å². The molecular formula is C18H18F2N2O3. The summed E-state index contributed by atoms with van der Waals surface area (Å²) in [5.41, 5.74) is -0.221. The lowest BCUT2D eigenvalue weighted by molar-refractivity contribution is -0.134. The van der Waals surface area contributed by atoms with Crippen molar-refractivity contribution in [2.24, 2.45) is 0 Å². The minimum absolute atomic E-state index is 0.221. The molecule has 7 heteroatoms. The highest BCUT2D eigenvalue weighted by Gasteiger charge is 2.30. The zero-order valence-electron chi connectivity index (χ0n) is 13.7. The molecule has 0 N–H and O–H groups in total. The maximum Gasteiger partial charge on any atom is 0.289 e. The van der Waals surface area contributed by atoms with Gasteiger partial charge in [-0.2, -0.15) is 0 Å². The highest BCUT2D eigenvalue weighted by molar-refractivity contribution is 5.91. The number of carbonyl (C=O) groups is 2. The van der Waals surface area contributed by atoms with Crippen molar-refractivity contribution in [3.8, 4) is 0 Å². The van der Waals surface area contributed by atoms with Crippen molar-refractivity contribution in [2.75, 3.05) is 26.2 Å². The van der Waals surface area contributed by atoms with Gasteiger partial charge in [0.15, 0.2) is 5.76 Å². The van der Waals surface area contributed by atoms with Gasteiger partial charge in [0.2, 0.25) is 5.91 Å². The Balaban J connectivity index is 1.64. The fourth-order valence-electron chi connectivity index (χ4n) is 3.01. The maximum atomic E-state index is 13.9. The van der Waals surface area contributed by atoms with Gasteiger partial charge in [-0.05, 0) is 31.2 Å². The van der Waals surface area contributed by atoms with E-state index in [1.807, 2.05) is 0 Å². The van der Waals surface area contributed by atoms with E-state index in [4.69, 9.17) is 4.42 Å². The predicted octanol–water partition coefficient (Wildman–Crippen LogP) is 2.65. The van der Waals surface area contributed by atoms with E-state index in [1.54, 1.807) is 17.0 Å². The first-order valence-corrected chi connectivity index (χ1v) is 8.04. The number of hydrogen-bond donors (Lipinski definition) is 0. The third kappa shape index (κ3) is 3.40. The molecule has 0 bridgehead atoms. The molecule has 0 radical (unpaired) electrons. The Morgan fingerprint density at radius 1 is 1.00 bits per heavy atom. The SMILES string of the molecule is CC(C(=O)N1CCN(C(=O)c2ccco2)CC1)c1c(F)cccc1F. The normalized spacial score (nSPS) is 16.0. The molecule has 1 aromatic heterocycles. The van der Waals surface area contributed by atoms with E-state index in [9.17, 15) is 18.4 Å². The molecular weight excluding hydrogens is 330 g/mol. The zero-order valence-corrected chi connectivity index (χ0v) is 13.7. The molecule has 1 fully saturated rings. The number of halogens is 2. The van der Waals surface area contributed by atoms with Crippen molar-refractivity contribution in [1.29, 1.82) is 0 Å². The molecule has 25 heavy (non-hydrogen) atoms. The van der Waals surface area contributed by atoms with E-state index in [1.165, 1.54) is 24.2 Å². The minimum atomic E-state index is -0.923. The molecule has 0 aliphatic carbocycles. The van der Waals surface area contributed by atoms with Crippen molar-refractivity contribution >= 4 is 11.8 Å². The minimum Gasteiger partial charge on any atom is -0.459 e. The first-order chi connectivity index (χ1) is 12.0. The maximum absolute atomic E-state index is 13.9. The first-order valence-electron chi connectivity index (χ1n) is 8.04. The fourth-order valence-corrected chi connectivity index (χ4v) is 3.01. The summed E-state index contributed by atoms with van der Waals surface area (Å²) in [5.74, 6) is -2.71. The average Bonchev–Trinajstić information content (AvgIpc) is 3.15. The van der Waals surface area contributed by atoms with E-state index < -0.39 is 17.6 Å². The zero-order chi connectivity index (χ0) is 18.0. The summed E-state index contributed by atoms with van der Waals surface area (Å²) in [6.45, 7) is 2.80. The Morgan fingerprint density at radius 3 is 2.16 bits per heavy atom. The Kier molecular flexibility index (Phi) is 4.83. The Bertz CT molecular complexity index is 748. The second kappa shape index (κ2) is 7.04. The van der Waals surface area contributed by atoms with Crippen LogP contribution in [-0.2, 0) is 4.79 Å². The molecule has 2 aromatic rings. The molecule has 1 aliphatic rings. The highest BCUT2D eigenvalue weighted by Crippen LogP contribution is 2.25. The highest BCUT2D eigenvalue weighted by atomic mass is 19.1. The smallest absolute Gasteiger partial charge is 0.289 e. The van der Waals surface area contributed by atoms with Gasteiger partial charge in [0.05, 0.1) is 12.2 Å². The van der Waals surface area contributed by atoms with Crippen molar-refractivity contribution in [1.82, 2.24) is 9.80 Å². The molecule has 132 valence electrons. The summed E-state index contributed by atoms with van der Waals surface area (Å²) in [6, 6.07) is 6.77. The summed E-state index contributed by atoms with van der Waals surface area (Å²) < 4.78 is 32.8. The number of nitrogens with zero attached hydrogens (tertiary/aromatic N) is 2. The first kappa shape index (κ1) is 17.1. The summed E-state index contributed by atoms with van der Waals surface area (Å²) in [7, 11) is 0. The van der Waals surface area contributed by atoms with Gasteiger partial charge in [0.1, 0.15) is 11.6 Å². The van der Waals surface area contributed by atoms with Crippen LogP contribution in [0, 0.1) is 11.6 Å². The molecule has 0 saturated carbocycles. The van der Waals surface area contributed by atoms with Gasteiger partial charge in [-0.3, -0.25) is 9.59 Å². The molecule has 0 spiro atoms. The number of benzene rings is 1. The van der Waals surface area contributed by atoms with Crippen LogP contribution < -0.4 is 0 Å². The molecule has 5 nitrogen and oxygen atoms in total. The van der Waals surface area contributed by atoms with Crippen LogP contribution >= 0.6 is 0 Å². The fraction of sp³-hybridized carbons (Fsp3) is 0.333. The number of amides is 2. The lowest BCUT2D eigenvalue weighted by Crippen LogP contribution is -2.51. The monoisotopic (exact) mass is 348 g/mol. The predicted molar refractivity (Wildman–Crippen MR) is 86.0 cm³/mol. The molecule has 3 rings (SSSR count). The Labute approximate surface area is 143 Å². The van der Waals surface area contributed by atoms with Crippen molar-refractivity contribution in [2.45, 2.75) is 12.8 Å². The van der Waals surface area contributed by atoms with E-state index in [0.29, 0.717) is 26.2 Å². The molecule has 1 aromatic carbocycles. The second-order valence-electron chi connectivity index (χ2n) is 5.95. The third-order valence-corrected chi connectivity index (χ3v) is 4.41. The largest absolute Gasteiger partial charge is 0.459 e. The molecule has 1 aliphatic heterocycles. The van der Waals surface area contributed by atoms with Gasteiger partial charge in [0, 0.05) is 31.7 Å². The van der Waals surface area contributed by atoms with Crippen molar-refractivity contribution < 1.29 is 22.8 Å². The Morgan fingerprint density at radius 2 is 1.60 bits per heavy atom. The van der Waals surface area contributed by atoms with Gasteiger partial charge >= 0.3 is 0 Å².